The van der Waals surface area contributed by atoms with Crippen LogP contribution in [-0.4, -0.2) is 4.98 Å². The minimum atomic E-state index is 0.566. The van der Waals surface area contributed by atoms with Crippen LogP contribution in [0.25, 0.3) is 77.2 Å². The van der Waals surface area contributed by atoms with E-state index in [4.69, 9.17) is 13.8 Å². The minimum absolute atomic E-state index is 0.566. The standard InChI is InChI=1S/C45H28N2O2/c1-3-12-29(13-4-1)33-17-11-18-34(26-33)47(35-25-24-31-23-22-30-14-7-8-19-36(30)38(31)27-35)43-42-41(49-45(46-42)32-15-5-2-6-16-32)28-39-37-20-9-10-21-40(37)48-44(39)43/h1-28H. The van der Waals surface area contributed by atoms with Gasteiger partial charge in [-0.25, -0.2) is 4.98 Å². The number of aromatic nitrogens is 1. The van der Waals surface area contributed by atoms with E-state index in [2.05, 4.69) is 120 Å². The van der Waals surface area contributed by atoms with Crippen LogP contribution in [0.15, 0.2) is 179 Å². The number of fused-ring (bicyclic) bond motifs is 7. The van der Waals surface area contributed by atoms with Gasteiger partial charge in [0.25, 0.3) is 0 Å². The van der Waals surface area contributed by atoms with Crippen molar-refractivity contribution in [1.82, 2.24) is 4.98 Å². The van der Waals surface area contributed by atoms with Crippen molar-refractivity contribution in [2.75, 3.05) is 4.90 Å². The van der Waals surface area contributed by atoms with Gasteiger partial charge in [0, 0.05) is 27.7 Å². The number of hydrogen-bond donors (Lipinski definition) is 0. The van der Waals surface area contributed by atoms with Crippen LogP contribution in [0.1, 0.15) is 0 Å². The van der Waals surface area contributed by atoms with Crippen molar-refractivity contribution in [2.24, 2.45) is 0 Å². The van der Waals surface area contributed by atoms with Crippen LogP contribution in [0.2, 0.25) is 0 Å². The van der Waals surface area contributed by atoms with Crippen molar-refractivity contribution in [3.05, 3.63) is 170 Å². The van der Waals surface area contributed by atoms with E-state index in [1.807, 2.05) is 54.6 Å². The summed E-state index contributed by atoms with van der Waals surface area (Å²) in [5.41, 5.74) is 8.99. The van der Waals surface area contributed by atoms with Gasteiger partial charge in [0.2, 0.25) is 5.89 Å². The van der Waals surface area contributed by atoms with E-state index in [-0.39, 0.29) is 0 Å². The van der Waals surface area contributed by atoms with Crippen LogP contribution in [0.4, 0.5) is 17.1 Å². The summed E-state index contributed by atoms with van der Waals surface area (Å²) in [6.45, 7) is 0. The van der Waals surface area contributed by atoms with Gasteiger partial charge in [-0.15, -0.1) is 0 Å². The molecule has 4 heteroatoms. The number of nitrogens with zero attached hydrogens (tertiary/aromatic N) is 2. The lowest BCUT2D eigenvalue weighted by Gasteiger charge is -2.26. The van der Waals surface area contributed by atoms with Gasteiger partial charge < -0.3 is 13.7 Å². The molecule has 0 saturated heterocycles. The largest absolute Gasteiger partial charge is 0.454 e. The van der Waals surface area contributed by atoms with E-state index in [0.29, 0.717) is 11.5 Å². The molecule has 10 aromatic rings. The molecule has 4 nitrogen and oxygen atoms in total. The molecule has 0 amide bonds. The second-order valence-electron chi connectivity index (χ2n) is 12.4. The second kappa shape index (κ2) is 11.0. The number of benzene rings is 8. The first kappa shape index (κ1) is 27.5. The Kier molecular flexibility index (Phi) is 6.15. The fourth-order valence-corrected chi connectivity index (χ4v) is 7.13. The minimum Gasteiger partial charge on any atom is -0.454 e. The number of oxazole rings is 1. The summed E-state index contributed by atoms with van der Waals surface area (Å²) in [6.07, 6.45) is 0. The average Bonchev–Trinajstić information content (AvgIpc) is 3.77. The second-order valence-corrected chi connectivity index (χ2v) is 12.4. The summed E-state index contributed by atoms with van der Waals surface area (Å²) >= 11 is 0. The number of para-hydroxylation sites is 1. The number of anilines is 3. The molecule has 0 bridgehead atoms. The average molecular weight is 629 g/mol. The van der Waals surface area contributed by atoms with E-state index in [1.165, 1.54) is 21.5 Å². The van der Waals surface area contributed by atoms with Gasteiger partial charge in [0.05, 0.1) is 0 Å². The van der Waals surface area contributed by atoms with Gasteiger partial charge >= 0.3 is 0 Å². The molecule has 10 rings (SSSR count). The van der Waals surface area contributed by atoms with E-state index in [1.54, 1.807) is 0 Å². The third-order valence-corrected chi connectivity index (χ3v) is 9.45. The molecule has 230 valence electrons. The smallest absolute Gasteiger partial charge is 0.227 e. The molecule has 0 radical (unpaired) electrons. The predicted molar refractivity (Wildman–Crippen MR) is 202 cm³/mol. The Morgan fingerprint density at radius 2 is 1.06 bits per heavy atom. The zero-order chi connectivity index (χ0) is 32.3. The fraction of sp³-hybridized carbons (Fsp3) is 0. The zero-order valence-electron chi connectivity index (χ0n) is 26.4. The summed E-state index contributed by atoms with van der Waals surface area (Å²) in [6, 6.07) is 59.1. The van der Waals surface area contributed by atoms with Crippen molar-refractivity contribution in [2.45, 2.75) is 0 Å². The van der Waals surface area contributed by atoms with Gasteiger partial charge in [-0.1, -0.05) is 121 Å². The fourth-order valence-electron chi connectivity index (χ4n) is 7.13. The maximum absolute atomic E-state index is 6.78. The quantitative estimate of drug-likeness (QED) is 0.178. The topological polar surface area (TPSA) is 42.4 Å². The molecule has 2 heterocycles. The summed E-state index contributed by atoms with van der Waals surface area (Å²) in [5.74, 6) is 0.566. The Morgan fingerprint density at radius 1 is 0.408 bits per heavy atom. The predicted octanol–water partition coefficient (Wildman–Crippen LogP) is 12.8. The lowest BCUT2D eigenvalue weighted by Crippen LogP contribution is -2.11. The lowest BCUT2D eigenvalue weighted by atomic mass is 10.00. The highest BCUT2D eigenvalue weighted by molar-refractivity contribution is 6.18. The van der Waals surface area contributed by atoms with Gasteiger partial charge in [-0.05, 0) is 81.2 Å². The first-order valence-corrected chi connectivity index (χ1v) is 16.5. The van der Waals surface area contributed by atoms with E-state index in [0.717, 1.165) is 61.2 Å². The highest BCUT2D eigenvalue weighted by Crippen LogP contribution is 2.48. The summed E-state index contributed by atoms with van der Waals surface area (Å²) < 4.78 is 13.4. The van der Waals surface area contributed by atoms with Crippen LogP contribution >= 0.6 is 0 Å². The van der Waals surface area contributed by atoms with E-state index in [9.17, 15) is 0 Å². The summed E-state index contributed by atoms with van der Waals surface area (Å²) in [4.78, 5) is 7.49. The maximum atomic E-state index is 6.78. The van der Waals surface area contributed by atoms with Crippen molar-refractivity contribution >= 4 is 71.6 Å². The highest BCUT2D eigenvalue weighted by atomic mass is 16.4. The molecule has 2 aromatic heterocycles. The molecule has 0 fully saturated rings. The number of furan rings is 1. The van der Waals surface area contributed by atoms with Crippen LogP contribution < -0.4 is 4.90 Å². The summed E-state index contributed by atoms with van der Waals surface area (Å²) in [7, 11) is 0. The SMILES string of the molecule is c1ccc(-c2cccc(N(c3ccc4ccc5ccccc5c4c3)c3c4nc(-c5ccccc5)oc4cc4c3oc3ccccc34)c2)cc1. The molecule has 8 aromatic carbocycles. The van der Waals surface area contributed by atoms with Crippen molar-refractivity contribution in [1.29, 1.82) is 0 Å². The van der Waals surface area contributed by atoms with Crippen LogP contribution in [0.5, 0.6) is 0 Å². The summed E-state index contributed by atoms with van der Waals surface area (Å²) in [5, 5.41) is 6.78. The van der Waals surface area contributed by atoms with Crippen LogP contribution in [0, 0.1) is 0 Å². The van der Waals surface area contributed by atoms with Gasteiger partial charge in [0.15, 0.2) is 11.2 Å². The Labute approximate surface area is 282 Å². The third kappa shape index (κ3) is 4.49. The van der Waals surface area contributed by atoms with E-state index < -0.39 is 0 Å². The normalized spacial score (nSPS) is 11.7. The Balaban J connectivity index is 1.32. The number of rotatable bonds is 5. The number of hydrogen-bond acceptors (Lipinski definition) is 4. The van der Waals surface area contributed by atoms with Crippen molar-refractivity contribution < 1.29 is 8.83 Å². The Morgan fingerprint density at radius 3 is 1.90 bits per heavy atom. The third-order valence-electron chi connectivity index (χ3n) is 9.45. The molecule has 0 atom stereocenters. The molecule has 0 spiro atoms. The monoisotopic (exact) mass is 628 g/mol. The molecular weight excluding hydrogens is 601 g/mol. The zero-order valence-corrected chi connectivity index (χ0v) is 26.4. The lowest BCUT2D eigenvalue weighted by molar-refractivity contribution is 0.620. The molecule has 0 aliphatic carbocycles. The molecule has 0 saturated carbocycles. The molecule has 0 aliphatic heterocycles. The first-order valence-electron chi connectivity index (χ1n) is 16.5. The Bertz CT molecular complexity index is 2830. The van der Waals surface area contributed by atoms with Crippen LogP contribution in [-0.2, 0) is 0 Å². The van der Waals surface area contributed by atoms with Crippen molar-refractivity contribution in [3.63, 3.8) is 0 Å². The maximum Gasteiger partial charge on any atom is 0.227 e. The van der Waals surface area contributed by atoms with Crippen LogP contribution in [0.3, 0.4) is 0 Å². The van der Waals surface area contributed by atoms with Gasteiger partial charge in [-0.3, -0.25) is 0 Å². The Hall–Kier alpha value is -6.65. The molecule has 0 N–H and O–H groups in total. The molecule has 49 heavy (non-hydrogen) atoms. The van der Waals surface area contributed by atoms with E-state index >= 15 is 0 Å². The molecular formula is C45H28N2O2. The van der Waals surface area contributed by atoms with Gasteiger partial charge in [-0.2, -0.15) is 0 Å². The van der Waals surface area contributed by atoms with Gasteiger partial charge in [0.1, 0.15) is 16.8 Å². The van der Waals surface area contributed by atoms with Crippen molar-refractivity contribution in [3.8, 4) is 22.6 Å². The first-order chi connectivity index (χ1) is 24.3. The highest BCUT2D eigenvalue weighted by Gasteiger charge is 2.26. The molecule has 0 unspecified atom stereocenters. The molecule has 0 aliphatic rings.